The number of hydrogen-bond donors (Lipinski definition) is 3. The van der Waals surface area contributed by atoms with Gasteiger partial charge in [0.1, 0.15) is 6.61 Å². The summed E-state index contributed by atoms with van der Waals surface area (Å²) in [7, 11) is 0. The van der Waals surface area contributed by atoms with Crippen LogP contribution in [-0.2, 0) is 36.7 Å². The zero-order valence-corrected chi connectivity index (χ0v) is 24.4. The van der Waals surface area contributed by atoms with Crippen molar-refractivity contribution in [3.05, 3.63) is 83.4 Å². The molecular formula is C34H43NO7. The molecule has 226 valence electrons. The Kier molecular flexibility index (Phi) is 14.0. The number of rotatable bonds is 20. The van der Waals surface area contributed by atoms with Crippen LogP contribution in [-0.4, -0.2) is 60.0 Å². The third kappa shape index (κ3) is 11.6. The van der Waals surface area contributed by atoms with Crippen LogP contribution in [0.1, 0.15) is 61.6 Å². The van der Waals surface area contributed by atoms with Crippen molar-refractivity contribution in [1.82, 2.24) is 5.32 Å². The normalized spacial score (nSPS) is 12.6. The molecule has 2 unspecified atom stereocenters. The number of amides is 1. The van der Waals surface area contributed by atoms with E-state index in [0.29, 0.717) is 13.0 Å². The number of ether oxygens (including phenoxy) is 2. The van der Waals surface area contributed by atoms with E-state index in [4.69, 9.17) is 14.6 Å². The predicted octanol–water partition coefficient (Wildman–Crippen LogP) is 5.72. The molecule has 3 N–H and O–H groups in total. The molecule has 0 heterocycles. The molecule has 0 aliphatic rings. The van der Waals surface area contributed by atoms with Gasteiger partial charge in [-0.05, 0) is 67.3 Å². The quantitative estimate of drug-likeness (QED) is 0.147. The van der Waals surface area contributed by atoms with Crippen molar-refractivity contribution in [2.24, 2.45) is 0 Å². The molecule has 3 aromatic rings. The van der Waals surface area contributed by atoms with Crippen molar-refractivity contribution >= 4 is 28.6 Å². The highest BCUT2D eigenvalue weighted by molar-refractivity contribution is 5.88. The van der Waals surface area contributed by atoms with Crippen molar-refractivity contribution in [1.29, 1.82) is 0 Å². The minimum atomic E-state index is -1.71. The third-order valence-electron chi connectivity index (χ3n) is 7.20. The van der Waals surface area contributed by atoms with Gasteiger partial charge in [0.25, 0.3) is 5.91 Å². The third-order valence-corrected chi connectivity index (χ3v) is 7.20. The Labute approximate surface area is 248 Å². The number of fused-ring (bicyclic) bond motifs is 1. The summed E-state index contributed by atoms with van der Waals surface area (Å²) in [5.41, 5.74) is 3.80. The van der Waals surface area contributed by atoms with Crippen molar-refractivity contribution < 1.29 is 34.1 Å². The molecule has 3 aromatic carbocycles. The zero-order chi connectivity index (χ0) is 30.2. The van der Waals surface area contributed by atoms with Crippen LogP contribution in [0.4, 0.5) is 0 Å². The number of aryl methyl sites for hydroxylation is 3. The van der Waals surface area contributed by atoms with E-state index in [9.17, 15) is 19.5 Å². The van der Waals surface area contributed by atoms with Gasteiger partial charge in [0, 0.05) is 13.2 Å². The summed E-state index contributed by atoms with van der Waals surface area (Å²) in [6.45, 7) is 1.77. The molecule has 8 heteroatoms. The van der Waals surface area contributed by atoms with Gasteiger partial charge in [-0.3, -0.25) is 4.79 Å². The molecule has 0 saturated heterocycles. The molecule has 0 aromatic heterocycles. The number of benzene rings is 3. The van der Waals surface area contributed by atoms with Crippen molar-refractivity contribution in [2.75, 3.05) is 19.8 Å². The lowest BCUT2D eigenvalue weighted by Gasteiger charge is -2.23. The summed E-state index contributed by atoms with van der Waals surface area (Å²) < 4.78 is 10.8. The van der Waals surface area contributed by atoms with Gasteiger partial charge in [-0.1, -0.05) is 91.6 Å². The minimum absolute atomic E-state index is 0.162. The molecular weight excluding hydrogens is 534 g/mol. The molecule has 42 heavy (non-hydrogen) atoms. The van der Waals surface area contributed by atoms with Crippen LogP contribution in [0.3, 0.4) is 0 Å². The summed E-state index contributed by atoms with van der Waals surface area (Å²) in [6.07, 6.45) is 4.86. The SMILES string of the molecule is Cc1ccc(CCCCCCNC(=O)C(OCCCCCc2ccc3ccccc3c2)C(OCC(=O)O)C(=O)O)cc1. The molecule has 0 spiro atoms. The number of carboxylic acids is 2. The molecule has 8 nitrogen and oxygen atoms in total. The van der Waals surface area contributed by atoms with Gasteiger partial charge in [0.2, 0.25) is 0 Å². The van der Waals surface area contributed by atoms with E-state index in [1.165, 1.54) is 27.5 Å². The average molecular weight is 578 g/mol. The Morgan fingerprint density at radius 3 is 2.07 bits per heavy atom. The van der Waals surface area contributed by atoms with E-state index in [2.05, 4.69) is 66.8 Å². The van der Waals surface area contributed by atoms with E-state index in [1.807, 2.05) is 12.1 Å². The van der Waals surface area contributed by atoms with Gasteiger partial charge < -0.3 is 25.0 Å². The first-order chi connectivity index (χ1) is 20.3. The van der Waals surface area contributed by atoms with Crippen LogP contribution >= 0.6 is 0 Å². The summed E-state index contributed by atoms with van der Waals surface area (Å²) in [4.78, 5) is 35.8. The maximum atomic E-state index is 12.9. The highest BCUT2D eigenvalue weighted by Crippen LogP contribution is 2.18. The standard InChI is InChI=1S/C34H43NO7/c1-25-15-17-26(18-16-25)11-5-2-3-9-21-35-33(38)31(32(34(39)40)42-24-30(36)37)41-22-10-4-6-12-27-19-20-28-13-7-8-14-29(28)23-27/h7-8,13-20,23,31-32H,2-6,9-12,21-22,24H2,1H3,(H,35,38)(H,36,37)(H,39,40). The molecule has 0 fully saturated rings. The molecule has 0 bridgehead atoms. The Balaban J connectivity index is 1.41. The first-order valence-corrected chi connectivity index (χ1v) is 14.8. The lowest BCUT2D eigenvalue weighted by atomic mass is 10.0. The highest BCUT2D eigenvalue weighted by Gasteiger charge is 2.36. The van der Waals surface area contributed by atoms with Crippen LogP contribution < -0.4 is 5.32 Å². The Bertz CT molecular complexity index is 1270. The molecule has 1 amide bonds. The van der Waals surface area contributed by atoms with Gasteiger partial charge in [0.15, 0.2) is 12.2 Å². The topological polar surface area (TPSA) is 122 Å². The van der Waals surface area contributed by atoms with Gasteiger partial charge in [-0.2, -0.15) is 0 Å². The van der Waals surface area contributed by atoms with E-state index in [0.717, 1.165) is 51.4 Å². The maximum absolute atomic E-state index is 12.9. The number of aliphatic carboxylic acids is 2. The van der Waals surface area contributed by atoms with Crippen LogP contribution in [0, 0.1) is 6.92 Å². The van der Waals surface area contributed by atoms with Crippen LogP contribution in [0.2, 0.25) is 0 Å². The monoisotopic (exact) mass is 577 g/mol. The first-order valence-electron chi connectivity index (χ1n) is 14.8. The number of nitrogens with one attached hydrogen (secondary N) is 1. The highest BCUT2D eigenvalue weighted by atomic mass is 16.6. The summed E-state index contributed by atoms with van der Waals surface area (Å²) >= 11 is 0. The van der Waals surface area contributed by atoms with Gasteiger partial charge >= 0.3 is 11.9 Å². The van der Waals surface area contributed by atoms with E-state index < -0.39 is 36.7 Å². The van der Waals surface area contributed by atoms with E-state index in [1.54, 1.807) is 0 Å². The Morgan fingerprint density at radius 2 is 1.36 bits per heavy atom. The summed E-state index contributed by atoms with van der Waals surface area (Å²) in [5, 5.41) is 23.8. The molecule has 0 radical (unpaired) electrons. The van der Waals surface area contributed by atoms with Gasteiger partial charge in [-0.25, -0.2) is 9.59 Å². The van der Waals surface area contributed by atoms with Crippen molar-refractivity contribution in [2.45, 2.75) is 76.9 Å². The molecule has 3 rings (SSSR count). The van der Waals surface area contributed by atoms with Crippen molar-refractivity contribution in [3.8, 4) is 0 Å². The molecule has 0 aliphatic carbocycles. The Hall–Kier alpha value is -3.75. The predicted molar refractivity (Wildman–Crippen MR) is 163 cm³/mol. The molecule has 0 aliphatic heterocycles. The van der Waals surface area contributed by atoms with Crippen LogP contribution in [0.25, 0.3) is 10.8 Å². The second kappa shape index (κ2) is 17.9. The number of unbranched alkanes of at least 4 members (excludes halogenated alkanes) is 5. The zero-order valence-electron chi connectivity index (χ0n) is 24.4. The summed E-state index contributed by atoms with van der Waals surface area (Å²) in [6, 6.07) is 23.2. The number of hydrogen-bond acceptors (Lipinski definition) is 5. The van der Waals surface area contributed by atoms with E-state index >= 15 is 0 Å². The van der Waals surface area contributed by atoms with Crippen LogP contribution in [0.5, 0.6) is 0 Å². The largest absolute Gasteiger partial charge is 0.480 e. The van der Waals surface area contributed by atoms with Crippen LogP contribution in [0.15, 0.2) is 66.7 Å². The second-order valence-corrected chi connectivity index (χ2v) is 10.7. The average Bonchev–Trinajstić information content (AvgIpc) is 2.97. The summed E-state index contributed by atoms with van der Waals surface area (Å²) in [5.74, 6) is -3.37. The molecule has 0 saturated carbocycles. The fourth-order valence-corrected chi connectivity index (χ4v) is 4.84. The van der Waals surface area contributed by atoms with E-state index in [-0.39, 0.29) is 6.61 Å². The first kappa shape index (κ1) is 32.8. The molecule has 2 atom stereocenters. The number of carboxylic acid groups (broad SMARTS) is 2. The maximum Gasteiger partial charge on any atom is 0.336 e. The van der Waals surface area contributed by atoms with Gasteiger partial charge in [-0.15, -0.1) is 0 Å². The fourth-order valence-electron chi connectivity index (χ4n) is 4.84. The Morgan fingerprint density at radius 1 is 0.714 bits per heavy atom. The van der Waals surface area contributed by atoms with Gasteiger partial charge in [0.05, 0.1) is 0 Å². The van der Waals surface area contributed by atoms with Crippen molar-refractivity contribution in [3.63, 3.8) is 0 Å². The smallest absolute Gasteiger partial charge is 0.336 e. The minimum Gasteiger partial charge on any atom is -0.480 e. The lowest BCUT2D eigenvalue weighted by Crippen LogP contribution is -2.49. The second-order valence-electron chi connectivity index (χ2n) is 10.7. The lowest BCUT2D eigenvalue weighted by molar-refractivity contribution is -0.172. The fraction of sp³-hybridized carbons (Fsp3) is 0.441. The number of carbonyl (C=O) groups excluding carboxylic acids is 1. The number of carbonyl (C=O) groups is 3.